The van der Waals surface area contributed by atoms with Crippen LogP contribution in [0, 0.1) is 0 Å². The van der Waals surface area contributed by atoms with Gasteiger partial charge in [0.1, 0.15) is 5.01 Å². The van der Waals surface area contributed by atoms with Crippen LogP contribution in [0.3, 0.4) is 0 Å². The number of amides is 1. The van der Waals surface area contributed by atoms with Crippen LogP contribution in [0.1, 0.15) is 23.1 Å². The summed E-state index contributed by atoms with van der Waals surface area (Å²) in [5.41, 5.74) is 2.50. The van der Waals surface area contributed by atoms with E-state index >= 15 is 0 Å². The molecule has 104 valence electrons. The Labute approximate surface area is 121 Å². The third kappa shape index (κ3) is 2.71. The fourth-order valence-electron chi connectivity index (χ4n) is 2.28. The molecule has 3 rings (SSSR count). The van der Waals surface area contributed by atoms with Crippen molar-refractivity contribution in [3.8, 4) is 0 Å². The van der Waals surface area contributed by atoms with Crippen LogP contribution < -0.4 is 10.6 Å². The quantitative estimate of drug-likeness (QED) is 0.903. The standard InChI is InChI=1S/C14H16N4OS/c1-2-12-17-18-14(20-12)16-13(19)11-7-9-5-3-4-6-10(9)8-15-11/h3-6,11,15H,2,7-8H2,1H3,(H,16,18,19). The van der Waals surface area contributed by atoms with E-state index < -0.39 is 0 Å². The molecule has 20 heavy (non-hydrogen) atoms. The maximum absolute atomic E-state index is 12.2. The van der Waals surface area contributed by atoms with Crippen molar-refractivity contribution < 1.29 is 4.79 Å². The smallest absolute Gasteiger partial charge is 0.243 e. The fourth-order valence-corrected chi connectivity index (χ4v) is 2.96. The third-order valence-corrected chi connectivity index (χ3v) is 4.38. The summed E-state index contributed by atoms with van der Waals surface area (Å²) in [6, 6.07) is 8.00. The molecule has 1 aromatic heterocycles. The van der Waals surface area contributed by atoms with Crippen LogP contribution in [0.2, 0.25) is 0 Å². The van der Waals surface area contributed by atoms with Crippen molar-refractivity contribution in [2.24, 2.45) is 0 Å². The van der Waals surface area contributed by atoms with Crippen molar-refractivity contribution in [3.05, 3.63) is 40.4 Å². The number of aromatic nitrogens is 2. The van der Waals surface area contributed by atoms with Crippen LogP contribution in [-0.4, -0.2) is 22.1 Å². The average molecular weight is 288 g/mol. The minimum Gasteiger partial charge on any atom is -0.301 e. The van der Waals surface area contributed by atoms with Crippen LogP contribution in [0.4, 0.5) is 5.13 Å². The van der Waals surface area contributed by atoms with Gasteiger partial charge in [-0.2, -0.15) is 0 Å². The van der Waals surface area contributed by atoms with Crippen LogP contribution in [0.25, 0.3) is 0 Å². The first kappa shape index (κ1) is 13.2. The lowest BCUT2D eigenvalue weighted by molar-refractivity contribution is -0.118. The molecule has 0 radical (unpaired) electrons. The first-order chi connectivity index (χ1) is 9.76. The number of carbonyl (C=O) groups excluding carboxylic acids is 1. The number of nitrogens with zero attached hydrogens (tertiary/aromatic N) is 2. The predicted octanol–water partition coefficient (Wildman–Crippen LogP) is 1.75. The lowest BCUT2D eigenvalue weighted by Gasteiger charge is -2.24. The van der Waals surface area contributed by atoms with Crippen LogP contribution in [0.5, 0.6) is 0 Å². The summed E-state index contributed by atoms with van der Waals surface area (Å²) in [5.74, 6) is -0.0432. The number of fused-ring (bicyclic) bond motifs is 1. The molecule has 1 amide bonds. The van der Waals surface area contributed by atoms with E-state index in [4.69, 9.17) is 0 Å². The highest BCUT2D eigenvalue weighted by atomic mass is 32.1. The lowest BCUT2D eigenvalue weighted by Crippen LogP contribution is -2.44. The normalized spacial score (nSPS) is 17.6. The molecule has 2 aromatic rings. The molecule has 0 fully saturated rings. The third-order valence-electron chi connectivity index (χ3n) is 3.40. The van der Waals surface area contributed by atoms with Crippen molar-refractivity contribution in [1.29, 1.82) is 0 Å². The Kier molecular flexibility index (Phi) is 3.75. The first-order valence-electron chi connectivity index (χ1n) is 6.69. The fraction of sp³-hybridized carbons (Fsp3) is 0.357. The molecule has 1 aliphatic heterocycles. The molecular weight excluding hydrogens is 272 g/mol. The molecule has 0 saturated heterocycles. The van der Waals surface area contributed by atoms with Gasteiger partial charge in [-0.05, 0) is 24.0 Å². The number of nitrogens with one attached hydrogen (secondary N) is 2. The van der Waals surface area contributed by atoms with Crippen molar-refractivity contribution in [1.82, 2.24) is 15.5 Å². The summed E-state index contributed by atoms with van der Waals surface area (Å²) in [6.45, 7) is 2.75. The highest BCUT2D eigenvalue weighted by molar-refractivity contribution is 7.15. The molecule has 1 unspecified atom stereocenters. The summed E-state index contributed by atoms with van der Waals surface area (Å²) < 4.78 is 0. The van der Waals surface area contributed by atoms with Gasteiger partial charge in [-0.3, -0.25) is 10.1 Å². The monoisotopic (exact) mass is 288 g/mol. The molecule has 0 spiro atoms. The van der Waals surface area contributed by atoms with Gasteiger partial charge in [-0.15, -0.1) is 10.2 Å². The van der Waals surface area contributed by atoms with Crippen molar-refractivity contribution in [2.75, 3.05) is 5.32 Å². The van der Waals surface area contributed by atoms with Gasteiger partial charge in [0, 0.05) is 6.54 Å². The second-order valence-electron chi connectivity index (χ2n) is 4.75. The number of aryl methyl sites for hydroxylation is 1. The van der Waals surface area contributed by atoms with E-state index in [1.165, 1.54) is 22.5 Å². The Morgan fingerprint density at radius 1 is 1.40 bits per heavy atom. The Bertz CT molecular complexity index is 625. The molecule has 0 aliphatic carbocycles. The summed E-state index contributed by atoms with van der Waals surface area (Å²) in [7, 11) is 0. The van der Waals surface area contributed by atoms with Crippen molar-refractivity contribution in [3.63, 3.8) is 0 Å². The van der Waals surface area contributed by atoms with Gasteiger partial charge in [0.25, 0.3) is 0 Å². The zero-order valence-corrected chi connectivity index (χ0v) is 12.0. The molecule has 5 nitrogen and oxygen atoms in total. The van der Waals surface area contributed by atoms with E-state index in [1.54, 1.807) is 0 Å². The van der Waals surface area contributed by atoms with E-state index in [0.717, 1.165) is 18.0 Å². The minimum atomic E-state index is -0.209. The average Bonchev–Trinajstić information content (AvgIpc) is 2.94. The maximum atomic E-state index is 12.2. The van der Waals surface area contributed by atoms with Gasteiger partial charge in [-0.25, -0.2) is 0 Å². The number of rotatable bonds is 3. The number of anilines is 1. The first-order valence-corrected chi connectivity index (χ1v) is 7.51. The Balaban J connectivity index is 1.67. The van der Waals surface area contributed by atoms with E-state index in [2.05, 4.69) is 33.0 Å². The molecule has 1 aromatic carbocycles. The van der Waals surface area contributed by atoms with Gasteiger partial charge in [-0.1, -0.05) is 42.5 Å². The lowest BCUT2D eigenvalue weighted by atomic mass is 9.95. The van der Waals surface area contributed by atoms with Crippen LogP contribution in [-0.2, 0) is 24.2 Å². The summed E-state index contributed by atoms with van der Waals surface area (Å²) in [6.07, 6.45) is 1.55. The molecule has 6 heteroatoms. The molecule has 2 heterocycles. The van der Waals surface area contributed by atoms with Gasteiger partial charge < -0.3 is 5.32 Å². The molecule has 0 bridgehead atoms. The highest BCUT2D eigenvalue weighted by Gasteiger charge is 2.24. The van der Waals surface area contributed by atoms with E-state index in [-0.39, 0.29) is 11.9 Å². The summed E-state index contributed by atoms with van der Waals surface area (Å²) >= 11 is 1.43. The van der Waals surface area contributed by atoms with E-state index in [0.29, 0.717) is 11.6 Å². The Morgan fingerprint density at radius 3 is 2.95 bits per heavy atom. The predicted molar refractivity (Wildman–Crippen MR) is 78.7 cm³/mol. The van der Waals surface area contributed by atoms with Gasteiger partial charge in [0.05, 0.1) is 6.04 Å². The molecule has 2 N–H and O–H groups in total. The minimum absolute atomic E-state index is 0.0432. The number of hydrogen-bond acceptors (Lipinski definition) is 5. The van der Waals surface area contributed by atoms with Gasteiger partial charge >= 0.3 is 0 Å². The van der Waals surface area contributed by atoms with Crippen LogP contribution >= 0.6 is 11.3 Å². The second kappa shape index (κ2) is 5.68. The Morgan fingerprint density at radius 2 is 2.20 bits per heavy atom. The largest absolute Gasteiger partial charge is 0.301 e. The Hall–Kier alpha value is -1.79. The van der Waals surface area contributed by atoms with Gasteiger partial charge in [0.15, 0.2) is 0 Å². The van der Waals surface area contributed by atoms with Crippen molar-refractivity contribution >= 4 is 22.4 Å². The summed E-state index contributed by atoms with van der Waals surface area (Å²) in [4.78, 5) is 12.2. The van der Waals surface area contributed by atoms with Crippen LogP contribution in [0.15, 0.2) is 24.3 Å². The molecule has 1 aliphatic rings. The number of hydrogen-bond donors (Lipinski definition) is 2. The van der Waals surface area contributed by atoms with E-state index in [9.17, 15) is 4.79 Å². The molecule has 1 atom stereocenters. The number of benzene rings is 1. The SMILES string of the molecule is CCc1nnc(NC(=O)C2Cc3ccccc3CN2)s1. The zero-order valence-electron chi connectivity index (χ0n) is 11.2. The molecule has 0 saturated carbocycles. The zero-order chi connectivity index (χ0) is 13.9. The maximum Gasteiger partial charge on any atom is 0.243 e. The van der Waals surface area contributed by atoms with Crippen molar-refractivity contribution in [2.45, 2.75) is 32.4 Å². The van der Waals surface area contributed by atoms with E-state index in [1.807, 2.05) is 19.1 Å². The topological polar surface area (TPSA) is 66.9 Å². The van der Waals surface area contributed by atoms with Gasteiger partial charge in [0.2, 0.25) is 11.0 Å². The number of carbonyl (C=O) groups is 1. The highest BCUT2D eigenvalue weighted by Crippen LogP contribution is 2.19. The molecular formula is C14H16N4OS. The summed E-state index contributed by atoms with van der Waals surface area (Å²) in [5, 5.41) is 15.6. The second-order valence-corrected chi connectivity index (χ2v) is 5.81.